The first-order chi connectivity index (χ1) is 8.09. The van der Waals surface area contributed by atoms with Gasteiger partial charge in [0.2, 0.25) is 0 Å². The second-order valence-electron chi connectivity index (χ2n) is 3.30. The molecule has 1 aromatic carbocycles. The average Bonchev–Trinajstić information content (AvgIpc) is 2.14. The van der Waals surface area contributed by atoms with Gasteiger partial charge in [-0.15, -0.1) is 0 Å². The molecule has 0 aromatic heterocycles. The van der Waals surface area contributed by atoms with Crippen LogP contribution in [0.5, 0.6) is 0 Å². The molecule has 0 unspecified atom stereocenters. The zero-order valence-corrected chi connectivity index (χ0v) is 13.5. The van der Waals surface area contributed by atoms with E-state index in [4.69, 9.17) is 16.7 Å². The predicted octanol–water partition coefficient (Wildman–Crippen LogP) is -0.921. The van der Waals surface area contributed by atoms with E-state index in [1.807, 2.05) is 16.9 Å². The Morgan fingerprint density at radius 2 is 1.83 bits per heavy atom. The van der Waals surface area contributed by atoms with Crippen molar-refractivity contribution in [1.29, 1.82) is 0 Å². The van der Waals surface area contributed by atoms with Gasteiger partial charge in [0.15, 0.2) is 0 Å². The van der Waals surface area contributed by atoms with Crippen LogP contribution in [0.3, 0.4) is 0 Å². The maximum absolute atomic E-state index is 11.8. The van der Waals surface area contributed by atoms with Crippen LogP contribution in [0.25, 0.3) is 0 Å². The molecule has 0 fully saturated rings. The summed E-state index contributed by atoms with van der Waals surface area (Å²) >= 11 is 7.78. The Morgan fingerprint density at radius 1 is 1.28 bits per heavy atom. The minimum atomic E-state index is -4.01. The van der Waals surface area contributed by atoms with E-state index < -0.39 is 20.0 Å². The van der Waals surface area contributed by atoms with Crippen molar-refractivity contribution in [2.75, 3.05) is 6.54 Å². The molecule has 0 aliphatic rings. The van der Waals surface area contributed by atoms with Gasteiger partial charge in [-0.1, -0.05) is 0 Å². The van der Waals surface area contributed by atoms with Gasteiger partial charge in [0.05, 0.1) is 0 Å². The Labute approximate surface area is 119 Å². The van der Waals surface area contributed by atoms with Crippen LogP contribution in [0.2, 0.25) is 5.02 Å². The second kappa shape index (κ2) is 5.48. The van der Waals surface area contributed by atoms with Crippen LogP contribution < -0.4 is 14.2 Å². The third kappa shape index (κ3) is 3.46. The Morgan fingerprint density at radius 3 is 2.28 bits per heavy atom. The summed E-state index contributed by atoms with van der Waals surface area (Å²) in [7, 11) is -7.86. The maximum atomic E-state index is 11.8. The van der Waals surface area contributed by atoms with Crippen LogP contribution in [0.4, 0.5) is 0 Å². The Kier molecular flexibility index (Phi) is 4.86. The molecule has 1 aromatic rings. The van der Waals surface area contributed by atoms with Crippen LogP contribution in [0.1, 0.15) is 6.92 Å². The SMILES string of the molecule is CCNS(=O)(=O)c1cc(S(N)(=O)=O)c([As])cc1Cl. The van der Waals surface area contributed by atoms with E-state index in [1.165, 1.54) is 6.07 Å². The number of sulfonamides is 2. The van der Waals surface area contributed by atoms with Crippen LogP contribution >= 0.6 is 11.6 Å². The van der Waals surface area contributed by atoms with E-state index >= 15 is 0 Å². The molecule has 0 aliphatic carbocycles. The van der Waals surface area contributed by atoms with Crippen molar-refractivity contribution >= 4 is 52.9 Å². The van der Waals surface area contributed by atoms with E-state index in [0.29, 0.717) is 0 Å². The van der Waals surface area contributed by atoms with Crippen molar-refractivity contribution < 1.29 is 16.8 Å². The zero-order valence-electron chi connectivity index (χ0n) is 9.21. The van der Waals surface area contributed by atoms with E-state index in [9.17, 15) is 16.8 Å². The molecule has 3 N–H and O–H groups in total. The van der Waals surface area contributed by atoms with Gasteiger partial charge in [0, 0.05) is 0 Å². The van der Waals surface area contributed by atoms with E-state index in [-0.39, 0.29) is 25.7 Å². The summed E-state index contributed by atoms with van der Waals surface area (Å²) in [5, 5.41) is 4.93. The fourth-order valence-electron chi connectivity index (χ4n) is 1.23. The fraction of sp³-hybridized carbons (Fsp3) is 0.250. The predicted molar refractivity (Wildman–Crippen MR) is 69.1 cm³/mol. The standard InChI is InChI=1S/C8H10AsClN2O4S2/c1-2-12-18(15,16)8-4-7(17(11,13)14)5(9)3-6(8)10/h3-4,12H,2H2,1H3,(H2,11,13,14). The summed E-state index contributed by atoms with van der Waals surface area (Å²) in [5.74, 6) is 0. The van der Waals surface area contributed by atoms with Crippen LogP contribution in [-0.4, -0.2) is 40.2 Å². The van der Waals surface area contributed by atoms with Gasteiger partial charge in [0.1, 0.15) is 0 Å². The molecule has 18 heavy (non-hydrogen) atoms. The van der Waals surface area contributed by atoms with Gasteiger partial charge in [-0.2, -0.15) is 0 Å². The molecule has 6 nitrogen and oxygen atoms in total. The molecule has 0 amide bonds. The number of hydrogen-bond acceptors (Lipinski definition) is 4. The van der Waals surface area contributed by atoms with E-state index in [1.54, 1.807) is 6.92 Å². The summed E-state index contributed by atoms with van der Waals surface area (Å²) in [6.45, 7) is 1.75. The van der Waals surface area contributed by atoms with Crippen molar-refractivity contribution in [2.24, 2.45) is 5.14 Å². The molecule has 0 saturated carbocycles. The van der Waals surface area contributed by atoms with Crippen LogP contribution in [0, 0.1) is 0 Å². The van der Waals surface area contributed by atoms with Crippen molar-refractivity contribution in [3.8, 4) is 0 Å². The van der Waals surface area contributed by atoms with Gasteiger partial charge < -0.3 is 0 Å². The number of nitrogens with one attached hydrogen (secondary N) is 1. The number of rotatable bonds is 4. The van der Waals surface area contributed by atoms with Gasteiger partial charge in [-0.25, -0.2) is 0 Å². The molecule has 0 saturated heterocycles. The number of primary sulfonamides is 1. The third-order valence-electron chi connectivity index (χ3n) is 1.94. The van der Waals surface area contributed by atoms with Crippen molar-refractivity contribution in [2.45, 2.75) is 16.7 Å². The zero-order chi connectivity index (χ0) is 14.1. The van der Waals surface area contributed by atoms with Gasteiger partial charge in [0.25, 0.3) is 0 Å². The average molecular weight is 373 g/mol. The molecule has 0 atom stereocenters. The first kappa shape index (κ1) is 15.9. The normalized spacial score (nSPS) is 12.7. The summed E-state index contributed by atoms with van der Waals surface area (Å²) in [4.78, 5) is -0.604. The van der Waals surface area contributed by atoms with Crippen molar-refractivity contribution in [3.05, 3.63) is 17.2 Å². The van der Waals surface area contributed by atoms with E-state index in [0.717, 1.165) is 6.07 Å². The summed E-state index contributed by atoms with van der Waals surface area (Å²) in [6, 6.07) is 2.18. The molecular weight excluding hydrogens is 363 g/mol. The summed E-state index contributed by atoms with van der Waals surface area (Å²) in [5.41, 5.74) is 0. The minimum absolute atomic E-state index is 0.0704. The molecule has 2 radical (unpaired) electrons. The topological polar surface area (TPSA) is 106 Å². The fourth-order valence-corrected chi connectivity index (χ4v) is 4.90. The summed E-state index contributed by atoms with van der Waals surface area (Å²) in [6.07, 6.45) is 0. The number of hydrogen-bond donors (Lipinski definition) is 2. The Bertz CT molecular complexity index is 673. The molecule has 0 spiro atoms. The molecule has 0 heterocycles. The number of nitrogens with two attached hydrogens (primary N) is 1. The number of benzene rings is 1. The van der Waals surface area contributed by atoms with Crippen molar-refractivity contribution in [3.63, 3.8) is 0 Å². The Hall–Kier alpha value is -0.112. The quantitative estimate of drug-likeness (QED) is 0.667. The molecule has 100 valence electrons. The van der Waals surface area contributed by atoms with Crippen molar-refractivity contribution in [1.82, 2.24) is 4.72 Å². The monoisotopic (exact) mass is 372 g/mol. The first-order valence-corrected chi connectivity index (χ1v) is 8.99. The van der Waals surface area contributed by atoms with Crippen LogP contribution in [-0.2, 0) is 20.0 Å². The molecule has 0 aliphatic heterocycles. The van der Waals surface area contributed by atoms with Gasteiger partial charge in [-0.05, 0) is 0 Å². The van der Waals surface area contributed by atoms with Gasteiger partial charge in [-0.3, -0.25) is 0 Å². The number of halogens is 1. The molecule has 1 rings (SSSR count). The van der Waals surface area contributed by atoms with Gasteiger partial charge >= 0.3 is 120 Å². The third-order valence-corrected chi connectivity index (χ3v) is 6.01. The first-order valence-electron chi connectivity index (χ1n) is 4.64. The van der Waals surface area contributed by atoms with E-state index in [2.05, 4.69) is 4.72 Å². The molecule has 0 bridgehead atoms. The molecular formula is C8H10AsClN2O4S2. The summed E-state index contributed by atoms with van der Waals surface area (Å²) < 4.78 is 48.7. The Balaban J connectivity index is 3.59. The second-order valence-corrected chi connectivity index (χ2v) is 7.98. The van der Waals surface area contributed by atoms with Crippen LogP contribution in [0.15, 0.2) is 21.9 Å². The molecule has 10 heteroatoms.